The van der Waals surface area contributed by atoms with Crippen molar-refractivity contribution in [1.82, 2.24) is 15.5 Å². The number of fused-ring (bicyclic) bond motifs is 1. The number of hydrogen-bond acceptors (Lipinski definition) is 3. The normalized spacial score (nSPS) is 11.1. The Bertz CT molecular complexity index is 1110. The molecular formula is C23H23N3OS. The van der Waals surface area contributed by atoms with Crippen LogP contribution in [0, 0.1) is 13.8 Å². The summed E-state index contributed by atoms with van der Waals surface area (Å²) in [6.45, 7) is 4.84. The van der Waals surface area contributed by atoms with Gasteiger partial charge in [-0.15, -0.1) is 11.3 Å². The Morgan fingerprint density at radius 3 is 2.64 bits per heavy atom. The van der Waals surface area contributed by atoms with E-state index in [9.17, 15) is 4.79 Å². The molecule has 0 atom stereocenters. The topological polar surface area (TPSA) is 57.8 Å². The fourth-order valence-corrected chi connectivity index (χ4v) is 4.24. The molecule has 0 saturated carbocycles. The van der Waals surface area contributed by atoms with Crippen molar-refractivity contribution in [2.45, 2.75) is 26.7 Å². The van der Waals surface area contributed by atoms with E-state index in [4.69, 9.17) is 0 Å². The summed E-state index contributed by atoms with van der Waals surface area (Å²) in [7, 11) is 0. The number of nitrogens with zero attached hydrogens (tertiary/aromatic N) is 1. The molecule has 0 aliphatic carbocycles. The number of benzene rings is 2. The number of rotatable bonds is 6. The third-order valence-electron chi connectivity index (χ3n) is 5.05. The molecular weight excluding hydrogens is 366 g/mol. The third-order valence-corrected chi connectivity index (χ3v) is 6.05. The molecule has 0 saturated heterocycles. The van der Waals surface area contributed by atoms with E-state index >= 15 is 0 Å². The second-order valence-corrected chi connectivity index (χ2v) is 8.32. The average Bonchev–Trinajstić information content (AvgIpc) is 3.35. The number of H-pyrrole nitrogens is 1. The number of aryl methyl sites for hydroxylation is 3. The van der Waals surface area contributed by atoms with E-state index in [1.54, 1.807) is 0 Å². The molecule has 0 aliphatic rings. The van der Waals surface area contributed by atoms with E-state index in [0.29, 0.717) is 6.54 Å². The lowest BCUT2D eigenvalue weighted by atomic mass is 9.96. The van der Waals surface area contributed by atoms with Crippen LogP contribution < -0.4 is 5.32 Å². The number of aromatic nitrogens is 2. The average molecular weight is 390 g/mol. The molecule has 0 aliphatic heterocycles. The van der Waals surface area contributed by atoms with Crippen molar-refractivity contribution < 1.29 is 4.79 Å². The standard InChI is InChI=1S/C23H23N3OS/c1-15-5-12-22(28-15)23(27)24-13-3-4-17-6-8-18(9-7-17)19-10-11-21-20(16(19)2)14-25-26-21/h5-12,14H,3-4,13H2,1-2H3,(H,24,27)(H,25,26). The van der Waals surface area contributed by atoms with Crippen molar-refractivity contribution in [3.05, 3.63) is 75.6 Å². The third kappa shape index (κ3) is 3.85. The van der Waals surface area contributed by atoms with Crippen molar-refractivity contribution in [2.24, 2.45) is 0 Å². The lowest BCUT2D eigenvalue weighted by molar-refractivity contribution is 0.0957. The van der Waals surface area contributed by atoms with Crippen LogP contribution in [0.25, 0.3) is 22.0 Å². The fraction of sp³-hybridized carbons (Fsp3) is 0.217. The van der Waals surface area contributed by atoms with E-state index in [0.717, 1.165) is 28.1 Å². The maximum atomic E-state index is 12.1. The number of nitrogens with one attached hydrogen (secondary N) is 2. The highest BCUT2D eigenvalue weighted by Gasteiger charge is 2.08. The first-order chi connectivity index (χ1) is 13.6. The van der Waals surface area contributed by atoms with E-state index in [-0.39, 0.29) is 5.91 Å². The summed E-state index contributed by atoms with van der Waals surface area (Å²) in [6.07, 6.45) is 3.76. The zero-order valence-corrected chi connectivity index (χ0v) is 16.9. The largest absolute Gasteiger partial charge is 0.351 e. The SMILES string of the molecule is Cc1ccc(C(=O)NCCCc2ccc(-c3ccc4[nH]ncc4c3C)cc2)s1. The van der Waals surface area contributed by atoms with E-state index in [1.165, 1.54) is 39.0 Å². The van der Waals surface area contributed by atoms with Crippen LogP contribution in [0.2, 0.25) is 0 Å². The quantitative estimate of drug-likeness (QED) is 0.441. The number of thiophene rings is 1. The first-order valence-corrected chi connectivity index (χ1v) is 10.3. The van der Waals surface area contributed by atoms with Crippen molar-refractivity contribution >= 4 is 28.1 Å². The van der Waals surface area contributed by atoms with Gasteiger partial charge in [0.15, 0.2) is 0 Å². The lowest BCUT2D eigenvalue weighted by Crippen LogP contribution is -2.23. The van der Waals surface area contributed by atoms with Crippen molar-refractivity contribution in [2.75, 3.05) is 6.54 Å². The van der Waals surface area contributed by atoms with Crippen LogP contribution in [-0.4, -0.2) is 22.6 Å². The van der Waals surface area contributed by atoms with Gasteiger partial charge in [-0.05, 0) is 67.1 Å². The van der Waals surface area contributed by atoms with Gasteiger partial charge in [0, 0.05) is 16.8 Å². The van der Waals surface area contributed by atoms with Gasteiger partial charge in [-0.1, -0.05) is 30.3 Å². The predicted molar refractivity (Wildman–Crippen MR) is 116 cm³/mol. The van der Waals surface area contributed by atoms with Gasteiger partial charge in [-0.25, -0.2) is 0 Å². The van der Waals surface area contributed by atoms with Gasteiger partial charge in [-0.3, -0.25) is 9.89 Å². The summed E-state index contributed by atoms with van der Waals surface area (Å²) < 4.78 is 0. The molecule has 2 heterocycles. The minimum Gasteiger partial charge on any atom is -0.351 e. The molecule has 142 valence electrons. The molecule has 0 radical (unpaired) electrons. The van der Waals surface area contributed by atoms with Crippen LogP contribution in [0.3, 0.4) is 0 Å². The Balaban J connectivity index is 1.34. The maximum absolute atomic E-state index is 12.1. The maximum Gasteiger partial charge on any atom is 0.261 e. The summed E-state index contributed by atoms with van der Waals surface area (Å²) >= 11 is 1.53. The minimum atomic E-state index is 0.0264. The first-order valence-electron chi connectivity index (χ1n) is 9.48. The Labute approximate surface area is 168 Å². The molecule has 0 bridgehead atoms. The molecule has 1 amide bonds. The van der Waals surface area contributed by atoms with Gasteiger partial charge in [0.1, 0.15) is 0 Å². The summed E-state index contributed by atoms with van der Waals surface area (Å²) in [6, 6.07) is 16.8. The van der Waals surface area contributed by atoms with Gasteiger partial charge in [0.25, 0.3) is 5.91 Å². The minimum absolute atomic E-state index is 0.0264. The molecule has 5 heteroatoms. The van der Waals surface area contributed by atoms with E-state index in [2.05, 4.69) is 58.8 Å². The number of carbonyl (C=O) groups is 1. The van der Waals surface area contributed by atoms with E-state index in [1.807, 2.05) is 25.3 Å². The fourth-order valence-electron chi connectivity index (χ4n) is 3.46. The summed E-state index contributed by atoms with van der Waals surface area (Å²) in [5, 5.41) is 11.3. The molecule has 2 N–H and O–H groups in total. The number of carbonyl (C=O) groups excluding carboxylic acids is 1. The van der Waals surface area contributed by atoms with Crippen LogP contribution in [0.1, 0.15) is 32.1 Å². The van der Waals surface area contributed by atoms with Crippen LogP contribution in [-0.2, 0) is 6.42 Å². The van der Waals surface area contributed by atoms with Crippen LogP contribution in [0.5, 0.6) is 0 Å². The summed E-state index contributed by atoms with van der Waals surface area (Å²) in [5.74, 6) is 0.0264. The first kappa shape index (κ1) is 18.4. The highest BCUT2D eigenvalue weighted by molar-refractivity contribution is 7.13. The predicted octanol–water partition coefficient (Wildman–Crippen LogP) is 5.27. The van der Waals surface area contributed by atoms with Crippen molar-refractivity contribution in [1.29, 1.82) is 0 Å². The molecule has 0 fully saturated rings. The molecule has 4 rings (SSSR count). The van der Waals surface area contributed by atoms with Crippen LogP contribution >= 0.6 is 11.3 Å². The Morgan fingerprint density at radius 2 is 1.89 bits per heavy atom. The van der Waals surface area contributed by atoms with Gasteiger partial charge in [0.05, 0.1) is 16.6 Å². The van der Waals surface area contributed by atoms with Crippen molar-refractivity contribution in [3.63, 3.8) is 0 Å². The Hall–Kier alpha value is -2.92. The zero-order valence-electron chi connectivity index (χ0n) is 16.1. The van der Waals surface area contributed by atoms with Gasteiger partial charge < -0.3 is 5.32 Å². The molecule has 4 aromatic rings. The summed E-state index contributed by atoms with van der Waals surface area (Å²) in [5.41, 5.74) is 6.04. The molecule has 4 nitrogen and oxygen atoms in total. The van der Waals surface area contributed by atoms with Gasteiger partial charge in [-0.2, -0.15) is 5.10 Å². The highest BCUT2D eigenvalue weighted by Crippen LogP contribution is 2.29. The number of aromatic amines is 1. The van der Waals surface area contributed by atoms with Gasteiger partial charge >= 0.3 is 0 Å². The monoisotopic (exact) mass is 389 g/mol. The Kier molecular flexibility index (Phi) is 5.26. The van der Waals surface area contributed by atoms with Crippen LogP contribution in [0.4, 0.5) is 0 Å². The second-order valence-electron chi connectivity index (χ2n) is 7.04. The molecule has 0 unspecified atom stereocenters. The van der Waals surface area contributed by atoms with Gasteiger partial charge in [0.2, 0.25) is 0 Å². The molecule has 2 aromatic heterocycles. The van der Waals surface area contributed by atoms with Crippen molar-refractivity contribution in [3.8, 4) is 11.1 Å². The lowest BCUT2D eigenvalue weighted by Gasteiger charge is -2.09. The Morgan fingerprint density at radius 1 is 1.07 bits per heavy atom. The molecule has 0 spiro atoms. The molecule has 28 heavy (non-hydrogen) atoms. The highest BCUT2D eigenvalue weighted by atomic mass is 32.1. The zero-order chi connectivity index (χ0) is 19.5. The summed E-state index contributed by atoms with van der Waals surface area (Å²) in [4.78, 5) is 14.0. The van der Waals surface area contributed by atoms with Crippen LogP contribution in [0.15, 0.2) is 54.7 Å². The molecule has 2 aromatic carbocycles. The smallest absolute Gasteiger partial charge is 0.261 e. The number of hydrogen-bond donors (Lipinski definition) is 2. The van der Waals surface area contributed by atoms with E-state index < -0.39 is 0 Å². The number of amides is 1. The second kappa shape index (κ2) is 7.98.